The first-order valence-electron chi connectivity index (χ1n) is 5.15. The minimum Gasteiger partial charge on any atom is -0.377 e. The van der Waals surface area contributed by atoms with E-state index in [0.717, 1.165) is 18.6 Å². The SMILES string of the molecule is CC1CCC1N[C@@H]1CCO[C@@H]1C. The minimum atomic E-state index is 0.429. The molecule has 1 saturated carbocycles. The van der Waals surface area contributed by atoms with Gasteiger partial charge in [-0.25, -0.2) is 0 Å². The number of ether oxygens (including phenoxy) is 1. The average Bonchev–Trinajstić information content (AvgIpc) is 2.44. The minimum absolute atomic E-state index is 0.429. The van der Waals surface area contributed by atoms with Crippen LogP contribution >= 0.6 is 0 Å². The van der Waals surface area contributed by atoms with E-state index in [2.05, 4.69) is 19.2 Å². The molecule has 0 aromatic carbocycles. The quantitative estimate of drug-likeness (QED) is 0.677. The fourth-order valence-electron chi connectivity index (χ4n) is 2.14. The Labute approximate surface area is 74.7 Å². The molecule has 1 N–H and O–H groups in total. The maximum absolute atomic E-state index is 5.51. The third-order valence-electron chi connectivity index (χ3n) is 3.42. The van der Waals surface area contributed by atoms with Gasteiger partial charge in [-0.2, -0.15) is 0 Å². The fourth-order valence-corrected chi connectivity index (χ4v) is 2.14. The molecule has 2 fully saturated rings. The third-order valence-corrected chi connectivity index (χ3v) is 3.42. The van der Waals surface area contributed by atoms with Gasteiger partial charge in [0.1, 0.15) is 0 Å². The van der Waals surface area contributed by atoms with Crippen LogP contribution in [0.25, 0.3) is 0 Å². The molecule has 0 radical (unpaired) electrons. The fraction of sp³-hybridized carbons (Fsp3) is 1.00. The molecule has 1 saturated heterocycles. The van der Waals surface area contributed by atoms with E-state index in [1.165, 1.54) is 19.3 Å². The lowest BCUT2D eigenvalue weighted by molar-refractivity contribution is 0.101. The lowest BCUT2D eigenvalue weighted by Crippen LogP contribution is -2.49. The maximum Gasteiger partial charge on any atom is 0.0700 e. The molecule has 70 valence electrons. The molecule has 0 aromatic rings. The number of nitrogens with one attached hydrogen (secondary N) is 1. The lowest BCUT2D eigenvalue weighted by Gasteiger charge is -2.37. The second kappa shape index (κ2) is 3.35. The van der Waals surface area contributed by atoms with Crippen LogP contribution in [-0.2, 0) is 4.74 Å². The standard InChI is InChI=1S/C10H19NO/c1-7-3-4-9(7)11-10-5-6-12-8(10)2/h7-11H,3-6H2,1-2H3/t7?,8-,9?,10-/m1/s1. The number of rotatable bonds is 2. The van der Waals surface area contributed by atoms with Crippen molar-refractivity contribution in [2.45, 2.75) is 51.3 Å². The van der Waals surface area contributed by atoms with Crippen LogP contribution in [0.1, 0.15) is 33.1 Å². The summed E-state index contributed by atoms with van der Waals surface area (Å²) in [7, 11) is 0. The molecule has 0 aromatic heterocycles. The predicted molar refractivity (Wildman–Crippen MR) is 49.1 cm³/mol. The topological polar surface area (TPSA) is 21.3 Å². The summed E-state index contributed by atoms with van der Waals surface area (Å²) in [6.45, 7) is 5.45. The van der Waals surface area contributed by atoms with Crippen molar-refractivity contribution in [3.63, 3.8) is 0 Å². The van der Waals surface area contributed by atoms with Crippen molar-refractivity contribution < 1.29 is 4.74 Å². The van der Waals surface area contributed by atoms with Crippen molar-refractivity contribution in [3.05, 3.63) is 0 Å². The molecular weight excluding hydrogens is 150 g/mol. The van der Waals surface area contributed by atoms with Crippen molar-refractivity contribution in [3.8, 4) is 0 Å². The Morgan fingerprint density at radius 2 is 1.92 bits per heavy atom. The summed E-state index contributed by atoms with van der Waals surface area (Å²) < 4.78 is 5.51. The van der Waals surface area contributed by atoms with Gasteiger partial charge in [-0.05, 0) is 32.1 Å². The van der Waals surface area contributed by atoms with E-state index in [9.17, 15) is 0 Å². The van der Waals surface area contributed by atoms with Gasteiger partial charge in [-0.3, -0.25) is 0 Å². The summed E-state index contributed by atoms with van der Waals surface area (Å²) in [5, 5.41) is 3.69. The van der Waals surface area contributed by atoms with E-state index in [1.54, 1.807) is 0 Å². The molecule has 0 spiro atoms. The highest BCUT2D eigenvalue weighted by molar-refractivity contribution is 4.89. The molecule has 12 heavy (non-hydrogen) atoms. The van der Waals surface area contributed by atoms with Gasteiger partial charge >= 0.3 is 0 Å². The van der Waals surface area contributed by atoms with E-state index in [4.69, 9.17) is 4.74 Å². The van der Waals surface area contributed by atoms with Crippen LogP contribution in [-0.4, -0.2) is 24.8 Å². The predicted octanol–water partition coefficient (Wildman–Crippen LogP) is 1.55. The molecule has 4 atom stereocenters. The molecular formula is C10H19NO. The Morgan fingerprint density at radius 1 is 1.08 bits per heavy atom. The van der Waals surface area contributed by atoms with Crippen molar-refractivity contribution in [1.29, 1.82) is 0 Å². The van der Waals surface area contributed by atoms with E-state index < -0.39 is 0 Å². The summed E-state index contributed by atoms with van der Waals surface area (Å²) in [6.07, 6.45) is 4.40. The highest BCUT2D eigenvalue weighted by Crippen LogP contribution is 2.28. The van der Waals surface area contributed by atoms with Gasteiger partial charge in [0.05, 0.1) is 6.10 Å². The van der Waals surface area contributed by atoms with Crippen LogP contribution in [0.5, 0.6) is 0 Å². The van der Waals surface area contributed by atoms with Crippen molar-refractivity contribution >= 4 is 0 Å². The Kier molecular flexibility index (Phi) is 2.37. The van der Waals surface area contributed by atoms with Gasteiger partial charge in [0.15, 0.2) is 0 Å². The van der Waals surface area contributed by atoms with Gasteiger partial charge < -0.3 is 10.1 Å². The van der Waals surface area contributed by atoms with E-state index in [1.807, 2.05) is 0 Å². The second-order valence-corrected chi connectivity index (χ2v) is 4.30. The third kappa shape index (κ3) is 1.50. The van der Waals surface area contributed by atoms with Gasteiger partial charge in [0, 0.05) is 18.7 Å². The summed E-state index contributed by atoms with van der Waals surface area (Å²) >= 11 is 0. The second-order valence-electron chi connectivity index (χ2n) is 4.30. The summed E-state index contributed by atoms with van der Waals surface area (Å²) in [5.41, 5.74) is 0. The molecule has 1 heterocycles. The Bertz CT molecular complexity index is 160. The van der Waals surface area contributed by atoms with Crippen LogP contribution in [0.4, 0.5) is 0 Å². The van der Waals surface area contributed by atoms with Crippen LogP contribution < -0.4 is 5.32 Å². The Balaban J connectivity index is 1.78. The highest BCUT2D eigenvalue weighted by Gasteiger charge is 2.32. The molecule has 2 heteroatoms. The van der Waals surface area contributed by atoms with E-state index in [-0.39, 0.29) is 0 Å². The molecule has 0 amide bonds. The number of hydrogen-bond acceptors (Lipinski definition) is 2. The van der Waals surface area contributed by atoms with Crippen LogP contribution in [0.15, 0.2) is 0 Å². The van der Waals surface area contributed by atoms with Gasteiger partial charge in [-0.15, -0.1) is 0 Å². The largest absolute Gasteiger partial charge is 0.377 e. The summed E-state index contributed by atoms with van der Waals surface area (Å²) in [5.74, 6) is 0.887. The van der Waals surface area contributed by atoms with Crippen molar-refractivity contribution in [2.24, 2.45) is 5.92 Å². The first kappa shape index (κ1) is 8.52. The summed E-state index contributed by atoms with van der Waals surface area (Å²) in [6, 6.07) is 1.40. The van der Waals surface area contributed by atoms with Gasteiger partial charge in [0.25, 0.3) is 0 Å². The molecule has 2 aliphatic rings. The molecule has 2 rings (SSSR count). The zero-order chi connectivity index (χ0) is 8.55. The highest BCUT2D eigenvalue weighted by atomic mass is 16.5. The van der Waals surface area contributed by atoms with Gasteiger partial charge in [-0.1, -0.05) is 6.92 Å². The zero-order valence-corrected chi connectivity index (χ0v) is 8.05. The molecule has 2 unspecified atom stereocenters. The Hall–Kier alpha value is -0.0800. The molecule has 1 aliphatic carbocycles. The normalized spacial score (nSPS) is 47.5. The van der Waals surface area contributed by atoms with Crippen molar-refractivity contribution in [2.75, 3.05) is 6.61 Å². The summed E-state index contributed by atoms with van der Waals surface area (Å²) in [4.78, 5) is 0. The monoisotopic (exact) mass is 169 g/mol. The maximum atomic E-state index is 5.51. The van der Waals surface area contributed by atoms with Crippen LogP contribution in [0.2, 0.25) is 0 Å². The lowest BCUT2D eigenvalue weighted by atomic mass is 9.80. The van der Waals surface area contributed by atoms with Crippen LogP contribution in [0.3, 0.4) is 0 Å². The van der Waals surface area contributed by atoms with Crippen LogP contribution in [0, 0.1) is 5.92 Å². The van der Waals surface area contributed by atoms with Gasteiger partial charge in [0.2, 0.25) is 0 Å². The Morgan fingerprint density at radius 3 is 2.33 bits per heavy atom. The number of hydrogen-bond donors (Lipinski definition) is 1. The van der Waals surface area contributed by atoms with E-state index >= 15 is 0 Å². The van der Waals surface area contributed by atoms with E-state index in [0.29, 0.717) is 12.1 Å². The smallest absolute Gasteiger partial charge is 0.0700 e. The first-order valence-corrected chi connectivity index (χ1v) is 5.15. The van der Waals surface area contributed by atoms with Crippen molar-refractivity contribution in [1.82, 2.24) is 5.32 Å². The average molecular weight is 169 g/mol. The molecule has 0 bridgehead atoms. The first-order chi connectivity index (χ1) is 5.77. The molecule has 2 nitrogen and oxygen atoms in total. The molecule has 1 aliphatic heterocycles. The zero-order valence-electron chi connectivity index (χ0n) is 8.05.